The minimum Gasteiger partial charge on any atom is -0.495 e. The van der Waals surface area contributed by atoms with Gasteiger partial charge in [0.1, 0.15) is 12.0 Å². The van der Waals surface area contributed by atoms with Crippen LogP contribution in [0.4, 0.5) is 11.5 Å². The molecule has 4 rings (SSSR count). The third kappa shape index (κ3) is 3.45. The maximum atomic E-state index is 6.04. The molecular weight excluding hydrogens is 469 g/mol. The van der Waals surface area contributed by atoms with Crippen LogP contribution in [0.2, 0.25) is 5.02 Å². The fourth-order valence-electron chi connectivity index (χ4n) is 3.03. The summed E-state index contributed by atoms with van der Waals surface area (Å²) in [5.41, 5.74) is 2.21. The first-order valence-corrected chi connectivity index (χ1v) is 9.73. The van der Waals surface area contributed by atoms with Crippen LogP contribution >= 0.6 is 34.2 Å². The average Bonchev–Trinajstić information content (AvgIpc) is 3.07. The van der Waals surface area contributed by atoms with Crippen LogP contribution in [-0.2, 0) is 4.74 Å². The molecule has 1 unspecified atom stereocenters. The molecule has 1 atom stereocenters. The molecule has 3 aromatic rings. The minimum atomic E-state index is -0.0302. The van der Waals surface area contributed by atoms with Crippen LogP contribution in [-0.4, -0.2) is 33.2 Å². The standard InChI is InChI=1S/C17H17ClIN5O2/c1-25-12-8-10(18)5-6-11(12)21-15-14-16(23-17(19)22-15)24(9-20-14)13-4-2-3-7-26-13/h5-6,8-9,13H,2-4,7H2,1H3,(H,21,22,23). The number of nitrogens with zero attached hydrogens (tertiary/aromatic N) is 4. The number of hydrogen-bond donors (Lipinski definition) is 1. The lowest BCUT2D eigenvalue weighted by Gasteiger charge is -2.23. The number of hydrogen-bond acceptors (Lipinski definition) is 6. The van der Waals surface area contributed by atoms with Gasteiger partial charge < -0.3 is 14.8 Å². The topological polar surface area (TPSA) is 74.1 Å². The van der Waals surface area contributed by atoms with Crippen molar-refractivity contribution in [2.24, 2.45) is 0 Å². The second-order valence-electron chi connectivity index (χ2n) is 5.96. The summed E-state index contributed by atoms with van der Waals surface area (Å²) < 4.78 is 13.9. The van der Waals surface area contributed by atoms with Crippen LogP contribution in [0, 0.1) is 3.83 Å². The molecule has 1 aromatic carbocycles. The number of imidazole rings is 1. The van der Waals surface area contributed by atoms with E-state index in [0.29, 0.717) is 25.9 Å². The van der Waals surface area contributed by atoms with Crippen molar-refractivity contribution in [2.75, 3.05) is 19.0 Å². The van der Waals surface area contributed by atoms with Crippen molar-refractivity contribution < 1.29 is 9.47 Å². The van der Waals surface area contributed by atoms with Crippen molar-refractivity contribution in [3.05, 3.63) is 33.4 Å². The van der Waals surface area contributed by atoms with Gasteiger partial charge in [0, 0.05) is 40.3 Å². The highest BCUT2D eigenvalue weighted by Gasteiger charge is 2.21. The Morgan fingerprint density at radius 1 is 1.35 bits per heavy atom. The van der Waals surface area contributed by atoms with E-state index in [4.69, 9.17) is 21.1 Å². The Balaban J connectivity index is 1.75. The Morgan fingerprint density at radius 2 is 2.23 bits per heavy atom. The Labute approximate surface area is 169 Å². The first kappa shape index (κ1) is 17.7. The lowest BCUT2D eigenvalue weighted by molar-refractivity contribution is -0.0298. The minimum absolute atomic E-state index is 0.0302. The summed E-state index contributed by atoms with van der Waals surface area (Å²) in [7, 11) is 1.60. The largest absolute Gasteiger partial charge is 0.495 e. The molecule has 136 valence electrons. The van der Waals surface area contributed by atoms with Crippen LogP contribution in [0.1, 0.15) is 25.5 Å². The Morgan fingerprint density at radius 3 is 3.00 bits per heavy atom. The second-order valence-corrected chi connectivity index (χ2v) is 7.36. The molecule has 0 aliphatic carbocycles. The van der Waals surface area contributed by atoms with E-state index in [2.05, 4.69) is 42.9 Å². The zero-order chi connectivity index (χ0) is 18.1. The van der Waals surface area contributed by atoms with Gasteiger partial charge in [-0.05, 0) is 31.4 Å². The van der Waals surface area contributed by atoms with E-state index in [-0.39, 0.29) is 6.23 Å². The summed E-state index contributed by atoms with van der Waals surface area (Å²) in [4.78, 5) is 13.6. The van der Waals surface area contributed by atoms with Gasteiger partial charge in [-0.2, -0.15) is 0 Å². The number of aromatic nitrogens is 4. The Kier molecular flexibility index (Phi) is 5.14. The number of methoxy groups -OCH3 is 1. The van der Waals surface area contributed by atoms with E-state index in [1.54, 1.807) is 25.6 Å². The molecule has 1 saturated heterocycles. The Hall–Kier alpha value is -1.65. The Bertz CT molecular complexity index is 942. The zero-order valence-electron chi connectivity index (χ0n) is 14.1. The van der Waals surface area contributed by atoms with Gasteiger partial charge in [0.15, 0.2) is 20.8 Å². The van der Waals surface area contributed by atoms with Crippen molar-refractivity contribution in [1.29, 1.82) is 0 Å². The number of halogens is 2. The molecule has 1 aliphatic rings. The van der Waals surface area contributed by atoms with Gasteiger partial charge in [-0.3, -0.25) is 4.57 Å². The van der Waals surface area contributed by atoms with E-state index < -0.39 is 0 Å². The number of rotatable bonds is 4. The first-order valence-electron chi connectivity index (χ1n) is 8.28. The molecule has 2 aromatic heterocycles. The first-order chi connectivity index (χ1) is 12.7. The van der Waals surface area contributed by atoms with Crippen LogP contribution in [0.3, 0.4) is 0 Å². The normalized spacial score (nSPS) is 17.4. The van der Waals surface area contributed by atoms with Gasteiger partial charge in [-0.15, -0.1) is 0 Å². The van der Waals surface area contributed by atoms with Gasteiger partial charge in [-0.25, -0.2) is 15.0 Å². The van der Waals surface area contributed by atoms with E-state index in [1.807, 2.05) is 10.6 Å². The number of anilines is 2. The SMILES string of the molecule is COc1cc(Cl)ccc1Nc1nc(I)nc2c1ncn2C1CCCCO1. The molecule has 0 saturated carbocycles. The van der Waals surface area contributed by atoms with Gasteiger partial charge in [0.05, 0.1) is 19.1 Å². The average molecular weight is 486 g/mol. The molecule has 0 bridgehead atoms. The maximum absolute atomic E-state index is 6.04. The third-order valence-electron chi connectivity index (χ3n) is 4.28. The molecule has 1 aliphatic heterocycles. The molecule has 9 heteroatoms. The van der Waals surface area contributed by atoms with E-state index in [0.717, 1.165) is 37.2 Å². The van der Waals surface area contributed by atoms with E-state index in [1.165, 1.54) is 0 Å². The van der Waals surface area contributed by atoms with Gasteiger partial charge in [0.25, 0.3) is 0 Å². The smallest absolute Gasteiger partial charge is 0.194 e. The molecule has 3 heterocycles. The summed E-state index contributed by atoms with van der Waals surface area (Å²) >= 11 is 8.15. The molecular formula is C17H17ClIN5O2. The lowest BCUT2D eigenvalue weighted by Crippen LogP contribution is -2.18. The van der Waals surface area contributed by atoms with Crippen molar-refractivity contribution in [1.82, 2.24) is 19.5 Å². The summed E-state index contributed by atoms with van der Waals surface area (Å²) in [5, 5.41) is 3.90. The number of fused-ring (bicyclic) bond motifs is 1. The predicted octanol–water partition coefficient (Wildman–Crippen LogP) is 4.54. The van der Waals surface area contributed by atoms with Crippen LogP contribution in [0.5, 0.6) is 5.75 Å². The van der Waals surface area contributed by atoms with Gasteiger partial charge in [-0.1, -0.05) is 11.6 Å². The highest BCUT2D eigenvalue weighted by atomic mass is 127. The number of benzene rings is 1. The van der Waals surface area contributed by atoms with E-state index in [9.17, 15) is 0 Å². The van der Waals surface area contributed by atoms with Crippen LogP contribution in [0.25, 0.3) is 11.2 Å². The zero-order valence-corrected chi connectivity index (χ0v) is 17.0. The maximum Gasteiger partial charge on any atom is 0.194 e. The van der Waals surface area contributed by atoms with Crippen molar-refractivity contribution in [3.8, 4) is 5.75 Å². The van der Waals surface area contributed by atoms with Crippen LogP contribution < -0.4 is 10.1 Å². The molecule has 1 N–H and O–H groups in total. The van der Waals surface area contributed by atoms with Gasteiger partial charge >= 0.3 is 0 Å². The summed E-state index contributed by atoms with van der Waals surface area (Å²) in [5.74, 6) is 1.25. The van der Waals surface area contributed by atoms with Crippen molar-refractivity contribution in [3.63, 3.8) is 0 Å². The fraction of sp³-hybridized carbons (Fsp3) is 0.353. The van der Waals surface area contributed by atoms with Crippen LogP contribution in [0.15, 0.2) is 24.5 Å². The third-order valence-corrected chi connectivity index (χ3v) is 4.99. The fourth-order valence-corrected chi connectivity index (χ4v) is 3.66. The molecule has 0 spiro atoms. The summed E-state index contributed by atoms with van der Waals surface area (Å²) in [6.45, 7) is 0.763. The monoisotopic (exact) mass is 485 g/mol. The molecule has 0 radical (unpaired) electrons. The van der Waals surface area contributed by atoms with Gasteiger partial charge in [0.2, 0.25) is 0 Å². The lowest BCUT2D eigenvalue weighted by atomic mass is 10.2. The number of nitrogens with one attached hydrogen (secondary N) is 1. The van der Waals surface area contributed by atoms with Crippen molar-refractivity contribution >= 4 is 56.9 Å². The van der Waals surface area contributed by atoms with E-state index >= 15 is 0 Å². The quantitative estimate of drug-likeness (QED) is 0.432. The number of ether oxygens (including phenoxy) is 2. The molecule has 1 fully saturated rings. The summed E-state index contributed by atoms with van der Waals surface area (Å²) in [6.07, 6.45) is 4.94. The molecule has 0 amide bonds. The highest BCUT2D eigenvalue weighted by Crippen LogP contribution is 2.33. The molecule has 26 heavy (non-hydrogen) atoms. The molecule has 7 nitrogen and oxygen atoms in total. The highest BCUT2D eigenvalue weighted by molar-refractivity contribution is 14.1. The second kappa shape index (κ2) is 7.53. The van der Waals surface area contributed by atoms with Crippen molar-refractivity contribution in [2.45, 2.75) is 25.5 Å². The summed E-state index contributed by atoms with van der Waals surface area (Å²) in [6, 6.07) is 5.40. The predicted molar refractivity (Wildman–Crippen MR) is 108 cm³/mol.